The molecule has 1 aliphatic rings. The Balaban J connectivity index is 1.92. The number of carboxylic acids is 1. The van der Waals surface area contributed by atoms with Gasteiger partial charge in [-0.1, -0.05) is 29.8 Å². The minimum atomic E-state index is -1.30. The van der Waals surface area contributed by atoms with Gasteiger partial charge in [-0.05, 0) is 54.5 Å². The average Bonchev–Trinajstić information content (AvgIpc) is 2.97. The first-order valence-electron chi connectivity index (χ1n) is 8.96. The number of benzene rings is 3. The van der Waals surface area contributed by atoms with Crippen LogP contribution in [0.2, 0.25) is 5.02 Å². The number of amides is 1. The molecule has 7 heteroatoms. The van der Waals surface area contributed by atoms with Gasteiger partial charge in [0.05, 0.1) is 16.9 Å². The summed E-state index contributed by atoms with van der Waals surface area (Å²) >= 11 is 6.29. The SMILES string of the molecule is Cc1cccc(Cl)c1/C=C1\C(=O)N(c2ccc(C(=O)O)c(O)c2)c2cccc(F)c21. The van der Waals surface area contributed by atoms with Crippen LogP contribution < -0.4 is 4.90 Å². The number of halogens is 2. The normalized spacial score (nSPS) is 14.3. The second-order valence-corrected chi connectivity index (χ2v) is 7.22. The molecule has 4 rings (SSSR count). The summed E-state index contributed by atoms with van der Waals surface area (Å²) in [6.45, 7) is 1.83. The molecule has 5 nitrogen and oxygen atoms in total. The van der Waals surface area contributed by atoms with Crippen LogP contribution in [0.25, 0.3) is 11.6 Å². The zero-order valence-corrected chi connectivity index (χ0v) is 16.4. The lowest BCUT2D eigenvalue weighted by molar-refractivity contribution is -0.112. The lowest BCUT2D eigenvalue weighted by Crippen LogP contribution is -2.20. The van der Waals surface area contributed by atoms with Crippen molar-refractivity contribution in [2.24, 2.45) is 0 Å². The molecular formula is C23H15ClFNO4. The molecule has 1 heterocycles. The number of carbonyl (C=O) groups is 2. The molecule has 30 heavy (non-hydrogen) atoms. The Hall–Kier alpha value is -3.64. The highest BCUT2D eigenvalue weighted by Gasteiger charge is 2.36. The number of hydrogen-bond donors (Lipinski definition) is 2. The lowest BCUT2D eigenvalue weighted by atomic mass is 10.0. The van der Waals surface area contributed by atoms with Gasteiger partial charge in [0.15, 0.2) is 0 Å². The Morgan fingerprint density at radius 2 is 1.87 bits per heavy atom. The minimum Gasteiger partial charge on any atom is -0.507 e. The number of hydrogen-bond acceptors (Lipinski definition) is 3. The first-order valence-corrected chi connectivity index (χ1v) is 9.34. The van der Waals surface area contributed by atoms with Gasteiger partial charge in [-0.25, -0.2) is 9.18 Å². The zero-order valence-electron chi connectivity index (χ0n) is 15.7. The van der Waals surface area contributed by atoms with Gasteiger partial charge in [0.25, 0.3) is 5.91 Å². The highest BCUT2D eigenvalue weighted by atomic mass is 35.5. The molecule has 1 aliphatic heterocycles. The molecule has 0 unspecified atom stereocenters. The largest absolute Gasteiger partial charge is 0.507 e. The number of nitrogens with zero attached hydrogens (tertiary/aromatic N) is 1. The fourth-order valence-electron chi connectivity index (χ4n) is 3.50. The van der Waals surface area contributed by atoms with Gasteiger partial charge in [0.1, 0.15) is 17.1 Å². The maximum Gasteiger partial charge on any atom is 0.339 e. The monoisotopic (exact) mass is 423 g/mol. The van der Waals surface area contributed by atoms with Crippen molar-refractivity contribution < 1.29 is 24.2 Å². The third-order valence-corrected chi connectivity index (χ3v) is 5.29. The van der Waals surface area contributed by atoms with Crippen LogP contribution in [0.1, 0.15) is 27.0 Å². The molecule has 150 valence electrons. The van der Waals surface area contributed by atoms with Gasteiger partial charge in [-0.15, -0.1) is 0 Å². The van der Waals surface area contributed by atoms with Crippen molar-refractivity contribution in [2.45, 2.75) is 6.92 Å². The van der Waals surface area contributed by atoms with Crippen molar-refractivity contribution >= 4 is 46.5 Å². The molecular weight excluding hydrogens is 409 g/mol. The second-order valence-electron chi connectivity index (χ2n) is 6.81. The Bertz CT molecular complexity index is 1230. The zero-order chi connectivity index (χ0) is 21.6. The summed E-state index contributed by atoms with van der Waals surface area (Å²) in [5.41, 5.74) is 1.86. The van der Waals surface area contributed by atoms with Crippen LogP contribution in [-0.4, -0.2) is 22.1 Å². The number of rotatable bonds is 3. The van der Waals surface area contributed by atoms with E-state index in [4.69, 9.17) is 16.7 Å². The number of fused-ring (bicyclic) bond motifs is 1. The van der Waals surface area contributed by atoms with Crippen molar-refractivity contribution in [3.8, 4) is 5.75 Å². The molecule has 2 N–H and O–H groups in total. The topological polar surface area (TPSA) is 77.8 Å². The molecule has 0 saturated carbocycles. The maximum absolute atomic E-state index is 14.8. The molecule has 0 spiro atoms. The van der Waals surface area contributed by atoms with Crippen LogP contribution in [0, 0.1) is 12.7 Å². The summed E-state index contributed by atoms with van der Waals surface area (Å²) in [5, 5.41) is 19.6. The molecule has 0 saturated heterocycles. The van der Waals surface area contributed by atoms with Gasteiger partial charge >= 0.3 is 5.97 Å². The van der Waals surface area contributed by atoms with E-state index in [-0.39, 0.29) is 22.4 Å². The molecule has 0 aromatic heterocycles. The van der Waals surface area contributed by atoms with E-state index in [9.17, 15) is 19.1 Å². The van der Waals surface area contributed by atoms with E-state index in [2.05, 4.69) is 0 Å². The minimum absolute atomic E-state index is 0.112. The van der Waals surface area contributed by atoms with E-state index >= 15 is 0 Å². The predicted octanol–water partition coefficient (Wildman–Crippen LogP) is 5.41. The van der Waals surface area contributed by atoms with E-state index in [1.54, 1.807) is 24.3 Å². The summed E-state index contributed by atoms with van der Waals surface area (Å²) in [5.74, 6) is -2.89. The van der Waals surface area contributed by atoms with Gasteiger partial charge < -0.3 is 10.2 Å². The van der Waals surface area contributed by atoms with Crippen LogP contribution in [0.5, 0.6) is 5.75 Å². The Kier molecular flexibility index (Phi) is 4.79. The van der Waals surface area contributed by atoms with E-state index in [0.29, 0.717) is 16.3 Å². The number of carboxylic acid groups (broad SMARTS) is 1. The van der Waals surface area contributed by atoms with E-state index in [1.807, 2.05) is 13.0 Å². The van der Waals surface area contributed by atoms with Gasteiger partial charge in [0.2, 0.25) is 0 Å². The average molecular weight is 424 g/mol. The van der Waals surface area contributed by atoms with Crippen LogP contribution in [0.3, 0.4) is 0 Å². The fourth-order valence-corrected chi connectivity index (χ4v) is 3.78. The molecule has 0 fully saturated rings. The van der Waals surface area contributed by atoms with E-state index in [1.165, 1.54) is 35.2 Å². The number of carbonyl (C=O) groups excluding carboxylic acids is 1. The van der Waals surface area contributed by atoms with Crippen molar-refractivity contribution in [2.75, 3.05) is 4.90 Å². The Morgan fingerprint density at radius 1 is 1.13 bits per heavy atom. The van der Waals surface area contributed by atoms with Crippen molar-refractivity contribution in [1.29, 1.82) is 0 Å². The third kappa shape index (κ3) is 3.11. The van der Waals surface area contributed by atoms with Crippen LogP contribution >= 0.6 is 11.6 Å². The van der Waals surface area contributed by atoms with Gasteiger partial charge in [-0.2, -0.15) is 0 Å². The highest BCUT2D eigenvalue weighted by Crippen LogP contribution is 2.44. The number of aromatic hydroxyl groups is 1. The number of anilines is 2. The third-order valence-electron chi connectivity index (χ3n) is 4.96. The van der Waals surface area contributed by atoms with Gasteiger partial charge in [-0.3, -0.25) is 9.69 Å². The van der Waals surface area contributed by atoms with Gasteiger partial charge in [0, 0.05) is 16.7 Å². The van der Waals surface area contributed by atoms with Crippen molar-refractivity contribution in [3.63, 3.8) is 0 Å². The summed E-state index contributed by atoms with van der Waals surface area (Å²) in [7, 11) is 0. The first-order chi connectivity index (χ1) is 14.3. The van der Waals surface area contributed by atoms with Crippen LogP contribution in [0.4, 0.5) is 15.8 Å². The predicted molar refractivity (Wildman–Crippen MR) is 113 cm³/mol. The molecule has 0 atom stereocenters. The molecule has 1 amide bonds. The number of aromatic carboxylic acids is 1. The Labute approximate surface area is 176 Å². The molecule has 3 aromatic carbocycles. The molecule has 0 aliphatic carbocycles. The molecule has 0 bridgehead atoms. The van der Waals surface area contributed by atoms with E-state index < -0.39 is 23.4 Å². The fraction of sp³-hybridized carbons (Fsp3) is 0.0435. The quantitative estimate of drug-likeness (QED) is 0.552. The Morgan fingerprint density at radius 3 is 2.53 bits per heavy atom. The van der Waals surface area contributed by atoms with Crippen LogP contribution in [-0.2, 0) is 4.79 Å². The van der Waals surface area contributed by atoms with Crippen molar-refractivity contribution in [1.82, 2.24) is 0 Å². The smallest absolute Gasteiger partial charge is 0.339 e. The number of aryl methyl sites for hydroxylation is 1. The summed E-state index contributed by atoms with van der Waals surface area (Å²) in [6, 6.07) is 13.4. The highest BCUT2D eigenvalue weighted by molar-refractivity contribution is 6.39. The first kappa shape index (κ1) is 19.7. The maximum atomic E-state index is 14.8. The summed E-state index contributed by atoms with van der Waals surface area (Å²) in [6.07, 6.45) is 1.55. The van der Waals surface area contributed by atoms with Crippen molar-refractivity contribution in [3.05, 3.63) is 87.7 Å². The van der Waals surface area contributed by atoms with Crippen LogP contribution in [0.15, 0.2) is 54.6 Å². The molecule has 0 radical (unpaired) electrons. The standard InChI is InChI=1S/C23H15ClFNO4/c1-12-4-2-5-17(24)15(12)11-16-21-18(25)6-3-7-19(21)26(22(16)28)13-8-9-14(23(29)30)20(27)10-13/h2-11,27H,1H3,(H,29,30)/b16-11-. The number of phenols is 1. The lowest BCUT2D eigenvalue weighted by Gasteiger charge is -2.18. The summed E-state index contributed by atoms with van der Waals surface area (Å²) < 4.78 is 14.8. The summed E-state index contributed by atoms with van der Waals surface area (Å²) in [4.78, 5) is 25.7. The van der Waals surface area contributed by atoms with E-state index in [0.717, 1.165) is 5.56 Å². The second kappa shape index (κ2) is 7.31. The molecule has 3 aromatic rings.